The average Bonchev–Trinajstić information content (AvgIpc) is 2.95. The molecule has 45 heavy (non-hydrogen) atoms. The Morgan fingerprint density at radius 1 is 1.11 bits per heavy atom. The van der Waals surface area contributed by atoms with Crippen LogP contribution in [-0.4, -0.2) is 141 Å². The van der Waals surface area contributed by atoms with Gasteiger partial charge in [0.2, 0.25) is 5.78 Å². The molecule has 1 aliphatic carbocycles. The highest BCUT2D eigenvalue weighted by Crippen LogP contribution is 2.40. The molecule has 3 aliphatic rings. The van der Waals surface area contributed by atoms with Gasteiger partial charge in [-0.25, -0.2) is 4.79 Å². The summed E-state index contributed by atoms with van der Waals surface area (Å²) in [6.07, 6.45) is -15.9. The lowest BCUT2D eigenvalue weighted by atomic mass is 9.76. The fraction of sp³-hybridized carbons (Fsp3) is 0.750. The van der Waals surface area contributed by atoms with Crippen LogP contribution < -0.4 is 0 Å². The monoisotopic (exact) mass is 647 g/mol. The average molecular weight is 648 g/mol. The number of methoxy groups -OCH3 is 1. The summed E-state index contributed by atoms with van der Waals surface area (Å²) in [5, 5.41) is 72.8. The van der Waals surface area contributed by atoms with Gasteiger partial charge in [-0.05, 0) is 13.8 Å². The van der Waals surface area contributed by atoms with Crippen LogP contribution >= 0.6 is 0 Å². The lowest BCUT2D eigenvalue weighted by Gasteiger charge is -2.51. The number of carboxylic acids is 1. The van der Waals surface area contributed by atoms with Crippen molar-refractivity contribution in [3.8, 4) is 0 Å². The van der Waals surface area contributed by atoms with E-state index in [1.54, 1.807) is 13.8 Å². The van der Waals surface area contributed by atoms with Gasteiger partial charge in [0.1, 0.15) is 60.3 Å². The molecule has 12 atom stereocenters. The van der Waals surface area contributed by atoms with Crippen LogP contribution in [0.5, 0.6) is 0 Å². The molecule has 17 heteroatoms. The molecule has 0 aromatic heterocycles. The Hall–Kier alpha value is -3.03. The Kier molecular flexibility index (Phi) is 11.5. The quantitative estimate of drug-likeness (QED) is 0.131. The molecule has 0 unspecified atom stereocenters. The summed E-state index contributed by atoms with van der Waals surface area (Å²) < 4.78 is 33.4. The summed E-state index contributed by atoms with van der Waals surface area (Å²) in [5.74, 6) is -8.13. The number of hydrogen-bond acceptors (Lipinski definition) is 16. The molecule has 2 saturated heterocycles. The fourth-order valence-corrected chi connectivity index (χ4v) is 5.75. The van der Waals surface area contributed by atoms with Crippen molar-refractivity contribution in [2.75, 3.05) is 13.7 Å². The molecule has 2 heterocycles. The normalized spacial score (nSPS) is 38.2. The molecule has 2 aliphatic heterocycles. The molecular weight excluding hydrogens is 606 g/mol. The van der Waals surface area contributed by atoms with Gasteiger partial charge in [0.25, 0.3) is 0 Å². The molecule has 17 nitrogen and oxygen atoms in total. The lowest BCUT2D eigenvalue weighted by molar-refractivity contribution is -0.340. The van der Waals surface area contributed by atoms with Crippen LogP contribution in [0.1, 0.15) is 41.0 Å². The SMILES string of the molecule is CO[C@@H]1C[C@H](O[C@H]2[C@@H](O)[C@H](COC(C)=O)O[C@H]([C@H]3C(O)=C(C(=O)O)C(=N)C(=O)[C@H]3O)[C@H]2O)O[C@H](C)[C@@]1(O)[C@@H](C)OC(=O)C(C)C. The van der Waals surface area contributed by atoms with Crippen LogP contribution in [0.15, 0.2) is 11.3 Å². The molecule has 0 spiro atoms. The number of aliphatic hydroxyl groups excluding tert-OH is 4. The fourth-order valence-electron chi connectivity index (χ4n) is 5.75. The maximum atomic E-state index is 12.6. The third-order valence-electron chi connectivity index (χ3n) is 8.36. The summed E-state index contributed by atoms with van der Waals surface area (Å²) in [6, 6.07) is 0. The van der Waals surface area contributed by atoms with E-state index in [4.69, 9.17) is 33.8 Å². The Labute approximate surface area is 258 Å². The van der Waals surface area contributed by atoms with Crippen LogP contribution in [0, 0.1) is 17.2 Å². The summed E-state index contributed by atoms with van der Waals surface area (Å²) in [5.41, 5.74) is -4.16. The number of carbonyl (C=O) groups is 4. The van der Waals surface area contributed by atoms with Crippen molar-refractivity contribution < 1.29 is 78.2 Å². The number of rotatable bonds is 10. The second-order valence-electron chi connectivity index (χ2n) is 11.6. The van der Waals surface area contributed by atoms with Gasteiger partial charge in [0.15, 0.2) is 11.9 Å². The molecule has 254 valence electrons. The first kappa shape index (κ1) is 36.4. The van der Waals surface area contributed by atoms with Crippen LogP contribution in [0.3, 0.4) is 0 Å². The van der Waals surface area contributed by atoms with Gasteiger partial charge < -0.3 is 59.1 Å². The number of Topliss-reactive ketones (excluding diaryl/α,β-unsaturated/α-hetero) is 1. The van der Waals surface area contributed by atoms with Crippen LogP contribution in [-0.2, 0) is 47.6 Å². The number of aliphatic carboxylic acids is 1. The van der Waals surface area contributed by atoms with Gasteiger partial charge >= 0.3 is 17.9 Å². The summed E-state index contributed by atoms with van der Waals surface area (Å²) >= 11 is 0. The smallest absolute Gasteiger partial charge is 0.341 e. The summed E-state index contributed by atoms with van der Waals surface area (Å²) in [4.78, 5) is 48.1. The molecule has 0 aromatic carbocycles. The van der Waals surface area contributed by atoms with Crippen LogP contribution in [0.4, 0.5) is 0 Å². The highest BCUT2D eigenvalue weighted by Gasteiger charge is 2.58. The second kappa shape index (κ2) is 14.2. The number of esters is 2. The highest BCUT2D eigenvalue weighted by molar-refractivity contribution is 6.52. The molecule has 0 radical (unpaired) electrons. The third kappa shape index (κ3) is 7.05. The highest BCUT2D eigenvalue weighted by atomic mass is 16.7. The number of ketones is 1. The van der Waals surface area contributed by atoms with Crippen molar-refractivity contribution in [2.24, 2.45) is 11.8 Å². The zero-order valence-electron chi connectivity index (χ0n) is 25.6. The van der Waals surface area contributed by atoms with Gasteiger partial charge in [-0.3, -0.25) is 19.8 Å². The van der Waals surface area contributed by atoms with E-state index in [1.807, 2.05) is 0 Å². The lowest BCUT2D eigenvalue weighted by Crippen LogP contribution is -2.67. The Morgan fingerprint density at radius 2 is 1.73 bits per heavy atom. The van der Waals surface area contributed by atoms with Gasteiger partial charge in [0.05, 0.1) is 30.1 Å². The molecule has 2 fully saturated rings. The molecule has 3 rings (SSSR count). The summed E-state index contributed by atoms with van der Waals surface area (Å²) in [6.45, 7) is 6.61. The van der Waals surface area contributed by atoms with Gasteiger partial charge in [-0.2, -0.15) is 0 Å². The van der Waals surface area contributed by atoms with Crippen molar-refractivity contribution in [1.82, 2.24) is 0 Å². The largest absolute Gasteiger partial charge is 0.511 e. The second-order valence-corrected chi connectivity index (χ2v) is 11.6. The molecule has 0 aromatic rings. The first-order chi connectivity index (χ1) is 20.9. The van der Waals surface area contributed by atoms with E-state index in [2.05, 4.69) is 0 Å². The summed E-state index contributed by atoms with van der Waals surface area (Å²) in [7, 11) is 1.29. The molecule has 0 bridgehead atoms. The number of carboxylic acid groups (broad SMARTS) is 1. The topological polar surface area (TPSA) is 269 Å². The van der Waals surface area contributed by atoms with E-state index in [9.17, 15) is 49.8 Å². The molecule has 0 amide bonds. The van der Waals surface area contributed by atoms with Crippen molar-refractivity contribution in [2.45, 2.75) is 108 Å². The number of ether oxygens (including phenoxy) is 6. The van der Waals surface area contributed by atoms with Crippen LogP contribution in [0.2, 0.25) is 0 Å². The van der Waals surface area contributed by atoms with Gasteiger partial charge in [0, 0.05) is 20.5 Å². The Bertz CT molecular complexity index is 1200. The first-order valence-electron chi connectivity index (χ1n) is 14.3. The zero-order chi connectivity index (χ0) is 34.1. The van der Waals surface area contributed by atoms with E-state index >= 15 is 0 Å². The Balaban J connectivity index is 1.95. The zero-order valence-corrected chi connectivity index (χ0v) is 25.6. The van der Waals surface area contributed by atoms with E-state index in [1.165, 1.54) is 21.0 Å². The minimum Gasteiger partial charge on any atom is -0.511 e. The number of aliphatic hydroxyl groups is 5. The number of carbonyl (C=O) groups excluding carboxylic acids is 3. The van der Waals surface area contributed by atoms with E-state index in [0.29, 0.717) is 0 Å². The predicted octanol–water partition coefficient (Wildman–Crippen LogP) is -1.63. The van der Waals surface area contributed by atoms with Crippen molar-refractivity contribution in [1.29, 1.82) is 5.41 Å². The van der Waals surface area contributed by atoms with Crippen molar-refractivity contribution >= 4 is 29.4 Å². The van der Waals surface area contributed by atoms with Gasteiger partial charge in [-0.1, -0.05) is 13.8 Å². The number of nitrogens with one attached hydrogen (secondary N) is 1. The molecular formula is C28H41NO16. The third-order valence-corrected chi connectivity index (χ3v) is 8.36. The number of hydrogen-bond donors (Lipinski definition) is 7. The first-order valence-corrected chi connectivity index (χ1v) is 14.3. The molecule has 0 saturated carbocycles. The van der Waals surface area contributed by atoms with E-state index in [-0.39, 0.29) is 6.42 Å². The maximum absolute atomic E-state index is 12.6. The minimum atomic E-state index is -2.24. The Morgan fingerprint density at radius 3 is 2.27 bits per heavy atom. The van der Waals surface area contributed by atoms with E-state index < -0.39 is 126 Å². The minimum absolute atomic E-state index is 0.229. The predicted molar refractivity (Wildman–Crippen MR) is 147 cm³/mol. The molecule has 7 N–H and O–H groups in total. The van der Waals surface area contributed by atoms with Crippen molar-refractivity contribution in [3.63, 3.8) is 0 Å². The maximum Gasteiger partial charge on any atom is 0.341 e. The van der Waals surface area contributed by atoms with Gasteiger partial charge in [-0.15, -0.1) is 0 Å². The van der Waals surface area contributed by atoms with Crippen LogP contribution in [0.25, 0.3) is 0 Å². The van der Waals surface area contributed by atoms with E-state index in [0.717, 1.165) is 6.92 Å². The standard InChI is InChI=1S/C28H41NO16/c1-9(2)27(38)43-11(4)28(39)10(3)42-15(7-14(28)40-6)45-25-19(31)13(8-41-12(5)30)44-24(23(25)35)17-20(32)16(26(36)37)18(29)22(34)21(17)33/h9-11,13-15,17,19,21,23-25,29,31-33,35,39H,7-8H2,1-6H3,(H,36,37)/t10-,11-,13+,14-,15+,17+,19+,21+,23-,24-,25+,28-/m1/s1. The van der Waals surface area contributed by atoms with Crippen molar-refractivity contribution in [3.05, 3.63) is 11.3 Å².